The molecule has 2 saturated carbocycles. The molecule has 4 nitrogen and oxygen atoms in total. The van der Waals surface area contributed by atoms with E-state index in [1.165, 1.54) is 24.0 Å². The van der Waals surface area contributed by atoms with E-state index in [2.05, 4.69) is 34.5 Å². The molecule has 0 bridgehead atoms. The number of likely N-dealkylation sites (N-methyl/N-ethyl adjacent to an activating group) is 1. The summed E-state index contributed by atoms with van der Waals surface area (Å²) in [7, 11) is 0. The zero-order valence-electron chi connectivity index (χ0n) is 13.3. The van der Waals surface area contributed by atoms with Gasteiger partial charge in [0.2, 0.25) is 0 Å². The first kappa shape index (κ1) is 15.5. The Morgan fingerprint density at radius 3 is 2.50 bits per heavy atom. The van der Waals surface area contributed by atoms with Crippen molar-refractivity contribution >= 4 is 5.97 Å². The maximum atomic E-state index is 10.8. The van der Waals surface area contributed by atoms with Crippen molar-refractivity contribution in [3.8, 4) is 0 Å². The number of hydrogen-bond acceptors (Lipinski definition) is 3. The van der Waals surface area contributed by atoms with Crippen molar-refractivity contribution in [1.82, 2.24) is 10.2 Å². The standard InChI is InChI=1S/C18H26N2O2/c1-2-20(12-18(21)22)17-9-16(10-17)19-11-13-3-5-14(6-4-13)15-7-8-15/h3-6,15-17,19H,2,7-12H2,1H3,(H,21,22). The second kappa shape index (κ2) is 6.80. The first-order valence-corrected chi connectivity index (χ1v) is 8.43. The molecule has 2 aliphatic rings. The molecule has 0 unspecified atom stereocenters. The number of aliphatic carboxylic acids is 1. The van der Waals surface area contributed by atoms with Crippen LogP contribution in [-0.2, 0) is 11.3 Å². The molecule has 22 heavy (non-hydrogen) atoms. The Kier molecular flexibility index (Phi) is 4.79. The van der Waals surface area contributed by atoms with Gasteiger partial charge in [0.05, 0.1) is 6.54 Å². The van der Waals surface area contributed by atoms with Crippen LogP contribution >= 0.6 is 0 Å². The highest BCUT2D eigenvalue weighted by atomic mass is 16.4. The van der Waals surface area contributed by atoms with Crippen molar-refractivity contribution in [2.45, 2.75) is 57.2 Å². The molecule has 4 heteroatoms. The number of carbonyl (C=O) groups is 1. The molecule has 0 radical (unpaired) electrons. The van der Waals surface area contributed by atoms with E-state index in [9.17, 15) is 4.79 Å². The highest BCUT2D eigenvalue weighted by Crippen LogP contribution is 2.39. The molecule has 1 aromatic rings. The predicted octanol–water partition coefficient (Wildman–Crippen LogP) is 2.59. The van der Waals surface area contributed by atoms with Gasteiger partial charge in [0.25, 0.3) is 0 Å². The van der Waals surface area contributed by atoms with E-state index in [-0.39, 0.29) is 6.54 Å². The minimum atomic E-state index is -0.728. The highest BCUT2D eigenvalue weighted by molar-refractivity contribution is 5.69. The third kappa shape index (κ3) is 3.87. The van der Waals surface area contributed by atoms with Crippen molar-refractivity contribution in [3.05, 3.63) is 35.4 Å². The fourth-order valence-electron chi connectivity index (χ4n) is 3.31. The molecule has 2 aliphatic carbocycles. The Labute approximate surface area is 132 Å². The molecule has 0 spiro atoms. The molecular formula is C18H26N2O2. The van der Waals surface area contributed by atoms with Gasteiger partial charge in [-0.25, -0.2) is 0 Å². The smallest absolute Gasteiger partial charge is 0.317 e. The summed E-state index contributed by atoms with van der Waals surface area (Å²) < 4.78 is 0. The molecule has 2 fully saturated rings. The summed E-state index contributed by atoms with van der Waals surface area (Å²) >= 11 is 0. The second-order valence-electron chi connectivity index (χ2n) is 6.68. The molecular weight excluding hydrogens is 276 g/mol. The van der Waals surface area contributed by atoms with Crippen LogP contribution in [0.2, 0.25) is 0 Å². The normalized spacial score (nSPS) is 24.3. The van der Waals surface area contributed by atoms with E-state index >= 15 is 0 Å². The van der Waals surface area contributed by atoms with Crippen molar-refractivity contribution in [3.63, 3.8) is 0 Å². The molecule has 0 amide bonds. The minimum absolute atomic E-state index is 0.163. The van der Waals surface area contributed by atoms with Crippen LogP contribution in [0.4, 0.5) is 0 Å². The lowest BCUT2D eigenvalue weighted by molar-refractivity contribution is -0.139. The lowest BCUT2D eigenvalue weighted by Gasteiger charge is -2.42. The summed E-state index contributed by atoms with van der Waals surface area (Å²) in [6, 6.07) is 9.96. The van der Waals surface area contributed by atoms with Gasteiger partial charge in [-0.05, 0) is 49.3 Å². The van der Waals surface area contributed by atoms with Gasteiger partial charge in [0, 0.05) is 18.6 Å². The Morgan fingerprint density at radius 2 is 1.95 bits per heavy atom. The van der Waals surface area contributed by atoms with Crippen LogP contribution in [0, 0.1) is 0 Å². The van der Waals surface area contributed by atoms with Crippen LogP contribution in [0.1, 0.15) is 49.7 Å². The van der Waals surface area contributed by atoms with E-state index < -0.39 is 5.97 Å². The lowest BCUT2D eigenvalue weighted by atomic mass is 9.85. The van der Waals surface area contributed by atoms with Gasteiger partial charge in [-0.15, -0.1) is 0 Å². The van der Waals surface area contributed by atoms with Crippen LogP contribution in [0.3, 0.4) is 0 Å². The maximum Gasteiger partial charge on any atom is 0.317 e. The van der Waals surface area contributed by atoms with Gasteiger partial charge in [-0.3, -0.25) is 9.69 Å². The van der Waals surface area contributed by atoms with Crippen molar-refractivity contribution in [1.29, 1.82) is 0 Å². The summed E-state index contributed by atoms with van der Waals surface area (Å²) in [5.74, 6) is 0.0951. The molecule has 0 heterocycles. The van der Waals surface area contributed by atoms with E-state index in [0.717, 1.165) is 31.8 Å². The number of carboxylic acid groups (broad SMARTS) is 1. The average Bonchev–Trinajstić information content (AvgIpc) is 3.29. The summed E-state index contributed by atoms with van der Waals surface area (Å²) in [6.07, 6.45) is 4.82. The number of carboxylic acids is 1. The summed E-state index contributed by atoms with van der Waals surface area (Å²) in [4.78, 5) is 12.9. The number of benzene rings is 1. The minimum Gasteiger partial charge on any atom is -0.480 e. The third-order valence-corrected chi connectivity index (χ3v) is 5.00. The van der Waals surface area contributed by atoms with E-state index in [1.807, 2.05) is 6.92 Å². The molecule has 2 N–H and O–H groups in total. The van der Waals surface area contributed by atoms with Gasteiger partial charge in [-0.1, -0.05) is 31.2 Å². The first-order valence-electron chi connectivity index (χ1n) is 8.43. The number of nitrogens with one attached hydrogen (secondary N) is 1. The monoisotopic (exact) mass is 302 g/mol. The largest absolute Gasteiger partial charge is 0.480 e. The second-order valence-corrected chi connectivity index (χ2v) is 6.68. The van der Waals surface area contributed by atoms with Crippen molar-refractivity contribution in [2.75, 3.05) is 13.1 Å². The first-order chi connectivity index (χ1) is 10.7. The van der Waals surface area contributed by atoms with E-state index in [4.69, 9.17) is 5.11 Å². The van der Waals surface area contributed by atoms with Crippen LogP contribution in [0.25, 0.3) is 0 Å². The van der Waals surface area contributed by atoms with Crippen molar-refractivity contribution in [2.24, 2.45) is 0 Å². The van der Waals surface area contributed by atoms with Crippen LogP contribution in [-0.4, -0.2) is 41.1 Å². The van der Waals surface area contributed by atoms with Gasteiger partial charge < -0.3 is 10.4 Å². The molecule has 0 atom stereocenters. The zero-order valence-corrected chi connectivity index (χ0v) is 13.3. The summed E-state index contributed by atoms with van der Waals surface area (Å²) in [5.41, 5.74) is 2.82. The average molecular weight is 302 g/mol. The summed E-state index contributed by atoms with van der Waals surface area (Å²) in [5, 5.41) is 12.5. The van der Waals surface area contributed by atoms with Crippen molar-refractivity contribution < 1.29 is 9.90 Å². The molecule has 120 valence electrons. The van der Waals surface area contributed by atoms with Gasteiger partial charge >= 0.3 is 5.97 Å². The Bertz CT molecular complexity index is 504. The topological polar surface area (TPSA) is 52.6 Å². The SMILES string of the molecule is CCN(CC(=O)O)C1CC(NCc2ccc(C3CC3)cc2)C1. The van der Waals surface area contributed by atoms with Gasteiger partial charge in [0.15, 0.2) is 0 Å². The number of rotatable bonds is 8. The lowest BCUT2D eigenvalue weighted by Crippen LogP contribution is -2.53. The zero-order chi connectivity index (χ0) is 15.5. The summed E-state index contributed by atoms with van der Waals surface area (Å²) in [6.45, 7) is 3.92. The Balaban J connectivity index is 1.39. The maximum absolute atomic E-state index is 10.8. The Morgan fingerprint density at radius 1 is 1.27 bits per heavy atom. The third-order valence-electron chi connectivity index (χ3n) is 5.00. The molecule has 0 aliphatic heterocycles. The van der Waals surface area contributed by atoms with Crippen LogP contribution < -0.4 is 5.32 Å². The molecule has 0 aromatic heterocycles. The Hall–Kier alpha value is -1.39. The van der Waals surface area contributed by atoms with Crippen LogP contribution in [0.15, 0.2) is 24.3 Å². The highest BCUT2D eigenvalue weighted by Gasteiger charge is 2.33. The van der Waals surface area contributed by atoms with Gasteiger partial charge in [-0.2, -0.15) is 0 Å². The molecule has 1 aromatic carbocycles. The fraction of sp³-hybridized carbons (Fsp3) is 0.611. The van der Waals surface area contributed by atoms with Gasteiger partial charge in [0.1, 0.15) is 0 Å². The fourth-order valence-corrected chi connectivity index (χ4v) is 3.31. The van der Waals surface area contributed by atoms with Crippen LogP contribution in [0.5, 0.6) is 0 Å². The number of nitrogens with zero attached hydrogens (tertiary/aromatic N) is 1. The predicted molar refractivity (Wildman–Crippen MR) is 86.9 cm³/mol. The quantitative estimate of drug-likeness (QED) is 0.775. The number of hydrogen-bond donors (Lipinski definition) is 2. The van der Waals surface area contributed by atoms with E-state index in [1.54, 1.807) is 0 Å². The van der Waals surface area contributed by atoms with E-state index in [0.29, 0.717) is 12.1 Å². The molecule has 3 rings (SSSR count). The molecule has 0 saturated heterocycles.